The molecule has 1 aliphatic carbocycles. The zero-order valence-corrected chi connectivity index (χ0v) is 19.7. The Morgan fingerprint density at radius 1 is 1.15 bits per heavy atom. The number of rotatable bonds is 6. The molecule has 5 rings (SSSR count). The molecule has 2 saturated heterocycles. The van der Waals surface area contributed by atoms with Crippen LogP contribution in [0.3, 0.4) is 0 Å². The van der Waals surface area contributed by atoms with E-state index in [2.05, 4.69) is 10.1 Å². The van der Waals surface area contributed by atoms with Crippen molar-refractivity contribution in [1.29, 1.82) is 0 Å². The maximum absolute atomic E-state index is 12.8. The van der Waals surface area contributed by atoms with Gasteiger partial charge in [-0.3, -0.25) is 4.79 Å². The third-order valence-electron chi connectivity index (χ3n) is 7.39. The van der Waals surface area contributed by atoms with Gasteiger partial charge < -0.3 is 23.8 Å². The largest absolute Gasteiger partial charge is 0.497 e. The third-order valence-corrected chi connectivity index (χ3v) is 7.39. The van der Waals surface area contributed by atoms with Crippen molar-refractivity contribution in [1.82, 2.24) is 19.9 Å². The molecule has 0 atom stereocenters. The monoisotopic (exact) mass is 468 g/mol. The van der Waals surface area contributed by atoms with Gasteiger partial charge in [-0.2, -0.15) is 4.98 Å². The predicted octanol–water partition coefficient (Wildman–Crippen LogP) is 3.82. The highest BCUT2D eigenvalue weighted by Crippen LogP contribution is 2.38. The van der Waals surface area contributed by atoms with E-state index in [1.807, 2.05) is 34.1 Å². The average Bonchev–Trinajstić information content (AvgIpc) is 3.47. The molecule has 0 bridgehead atoms. The number of ether oxygens (including phenoxy) is 2. The molecule has 3 aliphatic rings. The molecule has 9 nitrogen and oxygen atoms in total. The van der Waals surface area contributed by atoms with Gasteiger partial charge in [-0.15, -0.1) is 0 Å². The maximum atomic E-state index is 12.8. The second-order valence-corrected chi connectivity index (χ2v) is 9.59. The van der Waals surface area contributed by atoms with Crippen molar-refractivity contribution in [3.8, 4) is 17.1 Å². The first-order chi connectivity index (χ1) is 16.5. The Hall–Kier alpha value is -3.10. The fourth-order valence-electron chi connectivity index (χ4n) is 5.40. The molecule has 0 unspecified atom stereocenters. The van der Waals surface area contributed by atoms with Crippen LogP contribution in [0.1, 0.15) is 57.3 Å². The lowest BCUT2D eigenvalue weighted by atomic mass is 9.84. The van der Waals surface area contributed by atoms with Crippen molar-refractivity contribution >= 4 is 12.0 Å². The highest BCUT2D eigenvalue weighted by Gasteiger charge is 2.48. The van der Waals surface area contributed by atoms with Gasteiger partial charge in [0.05, 0.1) is 13.7 Å². The SMILES string of the molecule is COc1ccc(-c2noc(CCC(=O)N3CCC(N4CC5(CCCCC5)OC4=O)CC3)n2)cc1. The second-order valence-electron chi connectivity index (χ2n) is 9.59. The van der Waals surface area contributed by atoms with E-state index in [0.717, 1.165) is 49.8 Å². The molecular weight excluding hydrogens is 436 g/mol. The number of hydrogen-bond donors (Lipinski definition) is 0. The van der Waals surface area contributed by atoms with Crippen LogP contribution < -0.4 is 4.74 Å². The number of piperidine rings is 1. The van der Waals surface area contributed by atoms with E-state index in [1.54, 1.807) is 7.11 Å². The van der Waals surface area contributed by atoms with Crippen LogP contribution in [0.5, 0.6) is 5.75 Å². The van der Waals surface area contributed by atoms with E-state index in [1.165, 1.54) is 6.42 Å². The van der Waals surface area contributed by atoms with Crippen molar-refractivity contribution in [2.45, 2.75) is 69.4 Å². The van der Waals surface area contributed by atoms with E-state index in [4.69, 9.17) is 14.0 Å². The highest BCUT2D eigenvalue weighted by molar-refractivity contribution is 5.76. The van der Waals surface area contributed by atoms with E-state index >= 15 is 0 Å². The van der Waals surface area contributed by atoms with Crippen LogP contribution in [0.4, 0.5) is 4.79 Å². The molecule has 1 saturated carbocycles. The van der Waals surface area contributed by atoms with Crippen LogP contribution in [0.15, 0.2) is 28.8 Å². The molecule has 2 aliphatic heterocycles. The van der Waals surface area contributed by atoms with Crippen molar-refractivity contribution in [3.05, 3.63) is 30.2 Å². The Labute approximate surface area is 199 Å². The molecule has 0 N–H and O–H groups in total. The topological polar surface area (TPSA) is 98.0 Å². The minimum absolute atomic E-state index is 0.0791. The van der Waals surface area contributed by atoms with Gasteiger partial charge >= 0.3 is 6.09 Å². The minimum atomic E-state index is -0.267. The van der Waals surface area contributed by atoms with Gasteiger partial charge in [0.15, 0.2) is 0 Å². The molecule has 2 aromatic rings. The number of aryl methyl sites for hydroxylation is 1. The Morgan fingerprint density at radius 2 is 1.88 bits per heavy atom. The van der Waals surface area contributed by atoms with E-state index in [-0.39, 0.29) is 23.6 Å². The van der Waals surface area contributed by atoms with Gasteiger partial charge in [0.2, 0.25) is 17.6 Å². The van der Waals surface area contributed by atoms with Gasteiger partial charge in [0.1, 0.15) is 11.4 Å². The van der Waals surface area contributed by atoms with E-state index in [9.17, 15) is 9.59 Å². The molecule has 3 fully saturated rings. The summed E-state index contributed by atoms with van der Waals surface area (Å²) in [5.41, 5.74) is 0.566. The first-order valence-electron chi connectivity index (χ1n) is 12.3. The fraction of sp³-hybridized carbons (Fsp3) is 0.600. The van der Waals surface area contributed by atoms with Crippen molar-refractivity contribution < 1.29 is 23.6 Å². The standard InChI is InChI=1S/C25H32N4O5/c1-32-20-7-5-18(6-8-20)23-26-21(34-27-23)9-10-22(30)28-15-11-19(12-16-28)29-17-25(33-24(29)31)13-3-2-4-14-25/h5-8,19H,2-4,9-17H2,1H3. The Balaban J connectivity index is 1.09. The van der Waals surface area contributed by atoms with Crippen molar-refractivity contribution in [3.63, 3.8) is 0 Å². The first kappa shape index (κ1) is 22.7. The fourth-order valence-corrected chi connectivity index (χ4v) is 5.40. The van der Waals surface area contributed by atoms with Gasteiger partial charge in [-0.1, -0.05) is 11.6 Å². The van der Waals surface area contributed by atoms with Crippen LogP contribution in [0, 0.1) is 0 Å². The molecule has 1 aromatic carbocycles. The van der Waals surface area contributed by atoms with E-state index < -0.39 is 0 Å². The number of nitrogens with zero attached hydrogens (tertiary/aromatic N) is 4. The average molecular weight is 469 g/mol. The Kier molecular flexibility index (Phi) is 6.43. The van der Waals surface area contributed by atoms with Crippen LogP contribution in [-0.4, -0.2) is 70.3 Å². The summed E-state index contributed by atoms with van der Waals surface area (Å²) in [4.78, 5) is 33.5. The predicted molar refractivity (Wildman–Crippen MR) is 123 cm³/mol. The zero-order chi connectivity index (χ0) is 23.5. The van der Waals surface area contributed by atoms with Crippen LogP contribution in [-0.2, 0) is 16.0 Å². The smallest absolute Gasteiger partial charge is 0.410 e. The summed E-state index contributed by atoms with van der Waals surface area (Å²) in [6.45, 7) is 2.01. The maximum Gasteiger partial charge on any atom is 0.410 e. The molecular formula is C25H32N4O5. The molecule has 34 heavy (non-hydrogen) atoms. The Morgan fingerprint density at radius 3 is 2.59 bits per heavy atom. The van der Waals surface area contributed by atoms with Crippen LogP contribution in [0.2, 0.25) is 0 Å². The lowest BCUT2D eigenvalue weighted by Crippen LogP contribution is -2.48. The molecule has 3 heterocycles. The molecule has 1 aromatic heterocycles. The van der Waals surface area contributed by atoms with Gasteiger partial charge in [0, 0.05) is 37.5 Å². The number of carbonyl (C=O) groups is 2. The van der Waals surface area contributed by atoms with E-state index in [0.29, 0.717) is 44.2 Å². The van der Waals surface area contributed by atoms with Gasteiger partial charge in [0.25, 0.3) is 0 Å². The zero-order valence-electron chi connectivity index (χ0n) is 19.7. The summed E-state index contributed by atoms with van der Waals surface area (Å²) >= 11 is 0. The summed E-state index contributed by atoms with van der Waals surface area (Å²) in [6.07, 6.45) is 7.59. The number of likely N-dealkylation sites (tertiary alicyclic amines) is 1. The molecule has 1 spiro atoms. The summed E-state index contributed by atoms with van der Waals surface area (Å²) in [5.74, 6) is 1.79. The van der Waals surface area contributed by atoms with Gasteiger partial charge in [-0.05, 0) is 62.8 Å². The van der Waals surface area contributed by atoms with Crippen molar-refractivity contribution in [2.24, 2.45) is 0 Å². The second kappa shape index (κ2) is 9.64. The van der Waals surface area contributed by atoms with Crippen LogP contribution in [0.25, 0.3) is 11.4 Å². The number of amides is 2. The molecule has 9 heteroatoms. The lowest BCUT2D eigenvalue weighted by Gasteiger charge is -2.36. The summed E-state index contributed by atoms with van der Waals surface area (Å²) in [6, 6.07) is 7.58. The third kappa shape index (κ3) is 4.74. The van der Waals surface area contributed by atoms with Crippen LogP contribution >= 0.6 is 0 Å². The Bertz CT molecular complexity index is 1010. The first-order valence-corrected chi connectivity index (χ1v) is 12.3. The molecule has 2 amide bonds. The quantitative estimate of drug-likeness (QED) is 0.635. The van der Waals surface area contributed by atoms with Gasteiger partial charge in [-0.25, -0.2) is 4.79 Å². The normalized spacial score (nSPS) is 20.6. The number of methoxy groups -OCH3 is 1. The minimum Gasteiger partial charge on any atom is -0.497 e. The van der Waals surface area contributed by atoms with Crippen molar-refractivity contribution in [2.75, 3.05) is 26.7 Å². The highest BCUT2D eigenvalue weighted by atomic mass is 16.6. The number of aromatic nitrogens is 2. The molecule has 0 radical (unpaired) electrons. The summed E-state index contributed by atoms with van der Waals surface area (Å²) in [5, 5.41) is 4.03. The number of carbonyl (C=O) groups excluding carboxylic acids is 2. The number of hydrogen-bond acceptors (Lipinski definition) is 7. The lowest BCUT2D eigenvalue weighted by molar-refractivity contribution is -0.132. The summed E-state index contributed by atoms with van der Waals surface area (Å²) in [7, 11) is 1.62. The number of benzene rings is 1. The molecule has 182 valence electrons. The summed E-state index contributed by atoms with van der Waals surface area (Å²) < 4.78 is 16.4.